The highest BCUT2D eigenvalue weighted by atomic mass is 16.6. The molecule has 1 unspecified atom stereocenters. The summed E-state index contributed by atoms with van der Waals surface area (Å²) in [4.78, 5) is 28.1. The molecule has 2 aliphatic heterocycles. The summed E-state index contributed by atoms with van der Waals surface area (Å²) in [5, 5.41) is 11.4. The number of fused-ring (bicyclic) bond motifs is 1. The summed E-state index contributed by atoms with van der Waals surface area (Å²) in [6, 6.07) is 9.54. The summed E-state index contributed by atoms with van der Waals surface area (Å²) < 4.78 is 28.3. The molecule has 2 aliphatic rings. The van der Waals surface area contributed by atoms with Gasteiger partial charge in [0.25, 0.3) is 11.7 Å². The first-order valence-corrected chi connectivity index (χ1v) is 13.6. The number of hydrogen-bond donors (Lipinski definition) is 1. The molecule has 2 aromatic rings. The third-order valence-electron chi connectivity index (χ3n) is 6.69. The van der Waals surface area contributed by atoms with Gasteiger partial charge in [-0.25, -0.2) is 0 Å². The molecule has 9 heteroatoms. The Kier molecular flexibility index (Phi) is 9.70. The Bertz CT molecular complexity index is 1210. The van der Waals surface area contributed by atoms with Crippen molar-refractivity contribution < 1.29 is 38.4 Å². The first-order valence-electron chi connectivity index (χ1n) is 13.6. The monoisotopic (exact) mass is 539 g/mol. The molecule has 0 bridgehead atoms. The predicted molar refractivity (Wildman–Crippen MR) is 146 cm³/mol. The second-order valence-electron chi connectivity index (χ2n) is 9.39. The van der Waals surface area contributed by atoms with E-state index in [0.29, 0.717) is 73.6 Å². The Labute approximate surface area is 229 Å². The lowest BCUT2D eigenvalue weighted by Gasteiger charge is -2.26. The van der Waals surface area contributed by atoms with Crippen molar-refractivity contribution in [3.05, 3.63) is 53.1 Å². The van der Waals surface area contributed by atoms with Gasteiger partial charge in [-0.05, 0) is 55.7 Å². The molecule has 39 heavy (non-hydrogen) atoms. The van der Waals surface area contributed by atoms with Gasteiger partial charge >= 0.3 is 0 Å². The minimum absolute atomic E-state index is 0.00755. The average molecular weight is 540 g/mol. The Balaban J connectivity index is 1.76. The molecule has 9 nitrogen and oxygen atoms in total. The van der Waals surface area contributed by atoms with Crippen molar-refractivity contribution >= 4 is 17.4 Å². The van der Waals surface area contributed by atoms with Crippen LogP contribution >= 0.6 is 0 Å². The SMILES string of the molecule is CCCCCOc1ccc(C2C(=C(O)c3ccc4c(c3)OCCO4)C(=O)C(=O)N2CCCOC)cc1OCC. The largest absolute Gasteiger partial charge is 0.507 e. The molecule has 2 heterocycles. The third kappa shape index (κ3) is 6.30. The molecule has 2 aromatic carbocycles. The van der Waals surface area contributed by atoms with Crippen LogP contribution in [0.4, 0.5) is 0 Å². The molecule has 210 valence electrons. The highest BCUT2D eigenvalue weighted by Gasteiger charge is 2.46. The molecule has 0 aliphatic carbocycles. The fourth-order valence-corrected chi connectivity index (χ4v) is 4.80. The van der Waals surface area contributed by atoms with Crippen LogP contribution in [-0.4, -0.2) is 68.4 Å². The fraction of sp³-hybridized carbons (Fsp3) is 0.467. The van der Waals surface area contributed by atoms with Gasteiger partial charge in [-0.3, -0.25) is 9.59 Å². The molecule has 0 radical (unpaired) electrons. The lowest BCUT2D eigenvalue weighted by atomic mass is 9.94. The summed E-state index contributed by atoms with van der Waals surface area (Å²) >= 11 is 0. The van der Waals surface area contributed by atoms with Crippen molar-refractivity contribution in [2.24, 2.45) is 0 Å². The van der Waals surface area contributed by atoms with Crippen LogP contribution in [0.15, 0.2) is 42.0 Å². The first-order chi connectivity index (χ1) is 19.0. The highest BCUT2D eigenvalue weighted by molar-refractivity contribution is 6.46. The number of aliphatic hydroxyl groups is 1. The highest BCUT2D eigenvalue weighted by Crippen LogP contribution is 2.43. The number of aliphatic hydroxyl groups excluding tert-OH is 1. The Hall–Kier alpha value is -3.72. The molecular weight excluding hydrogens is 502 g/mol. The van der Waals surface area contributed by atoms with Crippen LogP contribution in [0.1, 0.15) is 56.7 Å². The van der Waals surface area contributed by atoms with Gasteiger partial charge in [-0.1, -0.05) is 25.8 Å². The second kappa shape index (κ2) is 13.4. The number of rotatable bonds is 13. The fourth-order valence-electron chi connectivity index (χ4n) is 4.80. The van der Waals surface area contributed by atoms with Crippen LogP contribution < -0.4 is 18.9 Å². The standard InChI is InChI=1S/C30H37NO8/c1-4-6-7-15-37-22-11-9-20(18-24(22)36-5-2)27-26(29(33)30(34)31(27)13-8-14-35-3)28(32)21-10-12-23-25(19-21)39-17-16-38-23/h9-12,18-19,27,32H,4-8,13-17H2,1-3H3. The lowest BCUT2D eigenvalue weighted by Crippen LogP contribution is -2.31. The number of ketones is 1. The Morgan fingerprint density at radius 1 is 0.949 bits per heavy atom. The van der Waals surface area contributed by atoms with Gasteiger partial charge in [0.15, 0.2) is 23.0 Å². The molecule has 0 saturated carbocycles. The van der Waals surface area contributed by atoms with Gasteiger partial charge in [0.1, 0.15) is 19.0 Å². The van der Waals surface area contributed by atoms with E-state index in [-0.39, 0.29) is 17.9 Å². The van der Waals surface area contributed by atoms with E-state index in [1.54, 1.807) is 37.4 Å². The maximum Gasteiger partial charge on any atom is 0.295 e. The number of Topliss-reactive ketones (excluding diaryl/α,β-unsaturated/α-hetero) is 1. The molecule has 1 atom stereocenters. The van der Waals surface area contributed by atoms with Crippen molar-refractivity contribution in [1.82, 2.24) is 4.90 Å². The van der Waals surface area contributed by atoms with Crippen molar-refractivity contribution in [1.29, 1.82) is 0 Å². The molecule has 0 aromatic heterocycles. The number of nitrogens with zero attached hydrogens (tertiary/aromatic N) is 1. The summed E-state index contributed by atoms with van der Waals surface area (Å²) in [5.74, 6) is 0.455. The van der Waals surface area contributed by atoms with Gasteiger partial charge in [-0.15, -0.1) is 0 Å². The summed E-state index contributed by atoms with van der Waals surface area (Å²) in [7, 11) is 1.58. The number of carbonyl (C=O) groups excluding carboxylic acids is 2. The van der Waals surface area contributed by atoms with Crippen molar-refractivity contribution in [3.8, 4) is 23.0 Å². The zero-order valence-corrected chi connectivity index (χ0v) is 22.9. The number of methoxy groups -OCH3 is 1. The maximum absolute atomic E-state index is 13.4. The smallest absolute Gasteiger partial charge is 0.295 e. The van der Waals surface area contributed by atoms with Gasteiger partial charge < -0.3 is 33.7 Å². The first kappa shape index (κ1) is 28.3. The van der Waals surface area contributed by atoms with Crippen molar-refractivity contribution in [3.63, 3.8) is 0 Å². The number of ether oxygens (including phenoxy) is 5. The molecule has 4 rings (SSSR count). The number of hydrogen-bond acceptors (Lipinski definition) is 8. The van der Waals surface area contributed by atoms with Gasteiger partial charge in [0.05, 0.1) is 24.8 Å². The van der Waals surface area contributed by atoms with E-state index in [1.165, 1.54) is 4.90 Å². The molecule has 1 fully saturated rings. The van der Waals surface area contributed by atoms with Crippen LogP contribution in [0.25, 0.3) is 5.76 Å². The van der Waals surface area contributed by atoms with Crippen LogP contribution in [-0.2, 0) is 14.3 Å². The van der Waals surface area contributed by atoms with Gasteiger partial charge in [0, 0.05) is 25.8 Å². The Morgan fingerprint density at radius 2 is 1.74 bits per heavy atom. The van der Waals surface area contributed by atoms with Crippen LogP contribution in [0.5, 0.6) is 23.0 Å². The zero-order valence-electron chi connectivity index (χ0n) is 22.9. The number of amides is 1. The molecule has 1 N–H and O–H groups in total. The quantitative estimate of drug-likeness (QED) is 0.166. The number of benzene rings is 2. The van der Waals surface area contributed by atoms with E-state index >= 15 is 0 Å². The molecule has 1 saturated heterocycles. The van der Waals surface area contributed by atoms with Crippen LogP contribution in [0.2, 0.25) is 0 Å². The number of carbonyl (C=O) groups is 2. The summed E-state index contributed by atoms with van der Waals surface area (Å²) in [6.07, 6.45) is 3.61. The maximum atomic E-state index is 13.4. The predicted octanol–water partition coefficient (Wildman–Crippen LogP) is 4.88. The van der Waals surface area contributed by atoms with E-state index in [1.807, 2.05) is 13.0 Å². The third-order valence-corrected chi connectivity index (χ3v) is 6.69. The van der Waals surface area contributed by atoms with E-state index in [4.69, 9.17) is 23.7 Å². The Morgan fingerprint density at radius 3 is 2.49 bits per heavy atom. The van der Waals surface area contributed by atoms with E-state index in [0.717, 1.165) is 19.3 Å². The average Bonchev–Trinajstić information content (AvgIpc) is 3.20. The number of likely N-dealkylation sites (tertiary alicyclic amines) is 1. The van der Waals surface area contributed by atoms with Crippen molar-refractivity contribution in [2.75, 3.05) is 46.7 Å². The van der Waals surface area contributed by atoms with Gasteiger partial charge in [-0.2, -0.15) is 0 Å². The summed E-state index contributed by atoms with van der Waals surface area (Å²) in [5.41, 5.74) is 1.00. The van der Waals surface area contributed by atoms with Crippen LogP contribution in [0.3, 0.4) is 0 Å². The van der Waals surface area contributed by atoms with Gasteiger partial charge in [0.2, 0.25) is 0 Å². The lowest BCUT2D eigenvalue weighted by molar-refractivity contribution is -0.140. The second-order valence-corrected chi connectivity index (χ2v) is 9.39. The van der Waals surface area contributed by atoms with E-state index in [9.17, 15) is 14.7 Å². The molecule has 1 amide bonds. The zero-order chi connectivity index (χ0) is 27.8. The summed E-state index contributed by atoms with van der Waals surface area (Å²) in [6.45, 7) is 6.51. The molecular formula is C30H37NO8. The van der Waals surface area contributed by atoms with E-state index < -0.39 is 17.7 Å². The van der Waals surface area contributed by atoms with Crippen LogP contribution in [0, 0.1) is 0 Å². The number of unbranched alkanes of at least 4 members (excludes halogenated alkanes) is 2. The normalized spacial score (nSPS) is 17.9. The molecule has 0 spiro atoms. The van der Waals surface area contributed by atoms with E-state index in [2.05, 4.69) is 6.92 Å². The van der Waals surface area contributed by atoms with Crippen molar-refractivity contribution in [2.45, 2.75) is 45.6 Å². The minimum atomic E-state index is -0.816. The topological polar surface area (TPSA) is 104 Å². The minimum Gasteiger partial charge on any atom is -0.507 e.